The van der Waals surface area contributed by atoms with Crippen molar-refractivity contribution in [2.45, 2.75) is 20.8 Å². The van der Waals surface area contributed by atoms with Crippen molar-refractivity contribution in [2.75, 3.05) is 30.4 Å². The summed E-state index contributed by atoms with van der Waals surface area (Å²) >= 11 is 6.88. The topological polar surface area (TPSA) is 93.7 Å². The normalized spacial score (nSPS) is 10.3. The van der Waals surface area contributed by atoms with Gasteiger partial charge in [-0.05, 0) is 50.6 Å². The SMILES string of the molecule is CCOC(=O)c1sc(NCC(=O)Nc2ccc(Cl)cc2)c(C(=O)OCC)c1C. The molecule has 0 aliphatic rings. The predicted octanol–water partition coefficient (Wildman–Crippen LogP) is 4.11. The number of ether oxygens (including phenoxy) is 2. The number of carbonyl (C=O) groups excluding carboxylic acids is 3. The summed E-state index contributed by atoms with van der Waals surface area (Å²) in [7, 11) is 0. The van der Waals surface area contributed by atoms with Crippen LogP contribution in [0.2, 0.25) is 5.02 Å². The average Bonchev–Trinajstić information content (AvgIpc) is 2.99. The summed E-state index contributed by atoms with van der Waals surface area (Å²) in [5, 5.41) is 6.57. The average molecular weight is 425 g/mol. The van der Waals surface area contributed by atoms with Gasteiger partial charge in [0.25, 0.3) is 0 Å². The first-order valence-electron chi connectivity index (χ1n) is 8.64. The zero-order chi connectivity index (χ0) is 20.7. The lowest BCUT2D eigenvalue weighted by Gasteiger charge is -2.09. The Hall–Kier alpha value is -2.58. The van der Waals surface area contributed by atoms with Crippen LogP contribution in [0.4, 0.5) is 10.7 Å². The molecule has 0 aliphatic heterocycles. The summed E-state index contributed by atoms with van der Waals surface area (Å²) < 4.78 is 10.1. The van der Waals surface area contributed by atoms with Gasteiger partial charge in [0.1, 0.15) is 9.88 Å². The van der Waals surface area contributed by atoms with E-state index in [1.54, 1.807) is 45.0 Å². The Morgan fingerprint density at radius 1 is 1.04 bits per heavy atom. The minimum atomic E-state index is -0.563. The lowest BCUT2D eigenvalue weighted by atomic mass is 10.1. The number of amides is 1. The van der Waals surface area contributed by atoms with Crippen molar-refractivity contribution < 1.29 is 23.9 Å². The third-order valence-corrected chi connectivity index (χ3v) is 5.11. The van der Waals surface area contributed by atoms with Crippen LogP contribution >= 0.6 is 22.9 Å². The molecule has 0 saturated heterocycles. The third-order valence-electron chi connectivity index (χ3n) is 3.62. The van der Waals surface area contributed by atoms with Crippen molar-refractivity contribution in [2.24, 2.45) is 0 Å². The maximum atomic E-state index is 12.3. The summed E-state index contributed by atoms with van der Waals surface area (Å²) in [6.07, 6.45) is 0. The fourth-order valence-electron chi connectivity index (χ4n) is 2.38. The van der Waals surface area contributed by atoms with Gasteiger partial charge in [0.2, 0.25) is 5.91 Å². The van der Waals surface area contributed by atoms with E-state index in [1.165, 1.54) is 0 Å². The Morgan fingerprint density at radius 3 is 2.25 bits per heavy atom. The third kappa shape index (κ3) is 5.46. The number of halogens is 1. The molecule has 2 N–H and O–H groups in total. The lowest BCUT2D eigenvalue weighted by Crippen LogP contribution is -2.22. The Morgan fingerprint density at radius 2 is 1.64 bits per heavy atom. The number of anilines is 2. The molecule has 0 saturated carbocycles. The van der Waals surface area contributed by atoms with E-state index in [0.29, 0.717) is 26.2 Å². The van der Waals surface area contributed by atoms with Crippen LogP contribution in [-0.4, -0.2) is 37.6 Å². The summed E-state index contributed by atoms with van der Waals surface area (Å²) in [6, 6.07) is 6.69. The Bertz CT molecular complexity index is 864. The molecule has 1 aromatic heterocycles. The van der Waals surface area contributed by atoms with Gasteiger partial charge in [0, 0.05) is 10.7 Å². The molecule has 0 fully saturated rings. The molecule has 2 aromatic rings. The standard InChI is InChI=1S/C19H21ClN2O5S/c1-4-26-18(24)15-11(3)16(19(25)27-5-2)28-17(15)21-10-14(23)22-13-8-6-12(20)7-9-13/h6-9,21H,4-5,10H2,1-3H3,(H,22,23). The minimum absolute atomic E-state index is 0.1000. The van der Waals surface area contributed by atoms with Gasteiger partial charge in [0.05, 0.1) is 25.3 Å². The molecule has 0 radical (unpaired) electrons. The van der Waals surface area contributed by atoms with Crippen LogP contribution in [0.15, 0.2) is 24.3 Å². The van der Waals surface area contributed by atoms with Crippen molar-refractivity contribution >= 4 is 51.5 Å². The monoisotopic (exact) mass is 424 g/mol. The van der Waals surface area contributed by atoms with Crippen LogP contribution in [-0.2, 0) is 14.3 Å². The number of nitrogens with one attached hydrogen (secondary N) is 2. The number of rotatable bonds is 8. The van der Waals surface area contributed by atoms with Crippen LogP contribution in [0.3, 0.4) is 0 Å². The van der Waals surface area contributed by atoms with E-state index in [9.17, 15) is 14.4 Å². The maximum absolute atomic E-state index is 12.3. The Labute approximate surface area is 172 Å². The fourth-order valence-corrected chi connectivity index (χ4v) is 3.59. The van der Waals surface area contributed by atoms with E-state index in [2.05, 4.69) is 10.6 Å². The molecule has 0 atom stereocenters. The highest BCUT2D eigenvalue weighted by Crippen LogP contribution is 2.34. The summed E-state index contributed by atoms with van der Waals surface area (Å²) in [4.78, 5) is 37.0. The maximum Gasteiger partial charge on any atom is 0.348 e. The molecule has 0 aliphatic carbocycles. The largest absolute Gasteiger partial charge is 0.462 e. The fraction of sp³-hybridized carbons (Fsp3) is 0.316. The van der Waals surface area contributed by atoms with E-state index >= 15 is 0 Å². The van der Waals surface area contributed by atoms with Crippen LogP contribution in [0, 0.1) is 6.92 Å². The van der Waals surface area contributed by atoms with Gasteiger partial charge >= 0.3 is 11.9 Å². The molecule has 1 heterocycles. The van der Waals surface area contributed by atoms with Crippen molar-refractivity contribution in [1.82, 2.24) is 0 Å². The van der Waals surface area contributed by atoms with Crippen LogP contribution in [0.1, 0.15) is 39.4 Å². The zero-order valence-corrected chi connectivity index (χ0v) is 17.3. The zero-order valence-electron chi connectivity index (χ0n) is 15.8. The van der Waals surface area contributed by atoms with Gasteiger partial charge in [-0.15, -0.1) is 11.3 Å². The molecular formula is C19H21ClN2O5S. The Balaban J connectivity index is 2.17. The molecule has 1 amide bonds. The number of esters is 2. The highest BCUT2D eigenvalue weighted by molar-refractivity contribution is 7.18. The van der Waals surface area contributed by atoms with Crippen molar-refractivity contribution in [3.8, 4) is 0 Å². The number of benzene rings is 1. The molecule has 9 heteroatoms. The highest BCUT2D eigenvalue weighted by atomic mass is 35.5. The summed E-state index contributed by atoms with van der Waals surface area (Å²) in [5.41, 5.74) is 1.29. The first kappa shape index (κ1) is 21.7. The van der Waals surface area contributed by atoms with Gasteiger partial charge in [-0.3, -0.25) is 4.79 Å². The number of thiophene rings is 1. The summed E-state index contributed by atoms with van der Waals surface area (Å²) in [6.45, 7) is 5.35. The molecule has 150 valence electrons. The highest BCUT2D eigenvalue weighted by Gasteiger charge is 2.26. The molecule has 0 bridgehead atoms. The Kier molecular flexibility index (Phi) is 7.83. The quantitative estimate of drug-likeness (QED) is 0.619. The lowest BCUT2D eigenvalue weighted by molar-refractivity contribution is -0.114. The number of hydrogen-bond donors (Lipinski definition) is 2. The van der Waals surface area contributed by atoms with Crippen LogP contribution < -0.4 is 10.6 Å². The van der Waals surface area contributed by atoms with Gasteiger partial charge in [0.15, 0.2) is 0 Å². The van der Waals surface area contributed by atoms with Gasteiger partial charge in [-0.25, -0.2) is 9.59 Å². The predicted molar refractivity (Wildman–Crippen MR) is 110 cm³/mol. The minimum Gasteiger partial charge on any atom is -0.462 e. The first-order chi connectivity index (χ1) is 13.4. The number of hydrogen-bond acceptors (Lipinski definition) is 7. The van der Waals surface area contributed by atoms with E-state index in [-0.39, 0.29) is 31.2 Å². The van der Waals surface area contributed by atoms with Crippen molar-refractivity contribution in [1.29, 1.82) is 0 Å². The molecule has 7 nitrogen and oxygen atoms in total. The second-order valence-electron chi connectivity index (χ2n) is 5.61. The molecule has 28 heavy (non-hydrogen) atoms. The van der Waals surface area contributed by atoms with E-state index in [0.717, 1.165) is 11.3 Å². The first-order valence-corrected chi connectivity index (χ1v) is 9.83. The van der Waals surface area contributed by atoms with Crippen LogP contribution in [0.25, 0.3) is 0 Å². The van der Waals surface area contributed by atoms with Gasteiger partial charge < -0.3 is 20.1 Å². The van der Waals surface area contributed by atoms with E-state index in [4.69, 9.17) is 21.1 Å². The second kappa shape index (κ2) is 10.1. The molecule has 0 unspecified atom stereocenters. The number of carbonyl (C=O) groups is 3. The van der Waals surface area contributed by atoms with E-state index in [1.807, 2.05) is 0 Å². The second-order valence-corrected chi connectivity index (χ2v) is 7.07. The van der Waals surface area contributed by atoms with E-state index < -0.39 is 11.9 Å². The smallest absolute Gasteiger partial charge is 0.348 e. The molecule has 2 rings (SSSR count). The van der Waals surface area contributed by atoms with Crippen molar-refractivity contribution in [3.63, 3.8) is 0 Å². The molecule has 0 spiro atoms. The summed E-state index contributed by atoms with van der Waals surface area (Å²) in [5.74, 6) is -1.40. The van der Waals surface area contributed by atoms with Gasteiger partial charge in [-0.1, -0.05) is 11.6 Å². The molecular weight excluding hydrogens is 404 g/mol. The van der Waals surface area contributed by atoms with Crippen molar-refractivity contribution in [3.05, 3.63) is 45.3 Å². The molecule has 1 aromatic carbocycles. The van der Waals surface area contributed by atoms with Gasteiger partial charge in [-0.2, -0.15) is 0 Å². The van der Waals surface area contributed by atoms with Crippen LogP contribution in [0.5, 0.6) is 0 Å².